The fourth-order valence-electron chi connectivity index (χ4n) is 7.34. The number of benzene rings is 3. The van der Waals surface area contributed by atoms with Gasteiger partial charge in [-0.25, -0.2) is 0 Å². The van der Waals surface area contributed by atoms with Gasteiger partial charge in [0.15, 0.2) is 6.10 Å². The minimum atomic E-state index is -4.37. The normalized spacial score (nSPS) is 17.8. The minimum Gasteiger partial charge on any atom is -0.493 e. The number of carbonyl (C=O) groups is 1. The number of ether oxygens (including phenoxy) is 4. The van der Waals surface area contributed by atoms with E-state index in [1.54, 1.807) is 29.3 Å². The Kier molecular flexibility index (Phi) is 14.0. The molecule has 3 heterocycles. The van der Waals surface area contributed by atoms with Crippen molar-refractivity contribution in [3.8, 4) is 34.4 Å². The fourth-order valence-corrected chi connectivity index (χ4v) is 7.58. The van der Waals surface area contributed by atoms with E-state index in [1.165, 1.54) is 6.20 Å². The van der Waals surface area contributed by atoms with Crippen molar-refractivity contribution >= 4 is 17.6 Å². The van der Waals surface area contributed by atoms with Gasteiger partial charge in [-0.2, -0.15) is 18.4 Å². The van der Waals surface area contributed by atoms with Crippen molar-refractivity contribution in [2.24, 2.45) is 0 Å². The average Bonchev–Trinajstić information content (AvgIpc) is 3.20. The second-order valence-electron chi connectivity index (χ2n) is 14.4. The van der Waals surface area contributed by atoms with Gasteiger partial charge in [0.2, 0.25) is 0 Å². The Morgan fingerprint density at radius 1 is 0.965 bits per heavy atom. The van der Waals surface area contributed by atoms with Crippen LogP contribution in [0, 0.1) is 25.2 Å². The smallest absolute Gasteiger partial charge is 0.415 e. The summed E-state index contributed by atoms with van der Waals surface area (Å²) in [5.41, 5.74) is 6.69. The molecule has 0 radical (unpaired) electrons. The number of pyridine rings is 1. The third kappa shape index (κ3) is 10.8. The summed E-state index contributed by atoms with van der Waals surface area (Å²) >= 11 is 6.84. The Labute approximate surface area is 335 Å². The standard InChI is InChI=1S/C43H46ClF3N4O6/c1-28-32(8-5-9-34(28)35-10-6-12-38(29(35)2)54-16-7-13-50-15-17-55-41(25-50)43(45,46)47)27-57-40-20-39(56-26-31-18-30(21-48)22-49-23-31)33(19-36(40)44)24-51-14-4-3-11-37(51)42(52)53/h5-6,8-10,12,18-20,22-23,37,41H,3-4,7,11,13-17,24-27H2,1-2H3,(H,52,53)/t37-,41?/m0/s1. The number of aromatic nitrogens is 1. The molecule has 2 aliphatic heterocycles. The summed E-state index contributed by atoms with van der Waals surface area (Å²) in [4.78, 5) is 19.9. The molecule has 0 bridgehead atoms. The lowest BCUT2D eigenvalue weighted by molar-refractivity contribution is -0.237. The van der Waals surface area contributed by atoms with Gasteiger partial charge in [-0.05, 0) is 85.7 Å². The lowest BCUT2D eigenvalue weighted by Crippen LogP contribution is -2.49. The van der Waals surface area contributed by atoms with E-state index in [0.29, 0.717) is 79.0 Å². The highest BCUT2D eigenvalue weighted by Gasteiger charge is 2.43. The van der Waals surface area contributed by atoms with Crippen molar-refractivity contribution in [2.75, 3.05) is 39.4 Å². The third-order valence-electron chi connectivity index (χ3n) is 10.5. The maximum absolute atomic E-state index is 13.1. The van der Waals surface area contributed by atoms with Crippen molar-refractivity contribution in [3.63, 3.8) is 0 Å². The Bertz CT molecular complexity index is 2080. The highest BCUT2D eigenvalue weighted by atomic mass is 35.5. The first-order chi connectivity index (χ1) is 27.4. The van der Waals surface area contributed by atoms with Crippen molar-refractivity contribution in [1.29, 1.82) is 5.26 Å². The van der Waals surface area contributed by atoms with Crippen molar-refractivity contribution in [1.82, 2.24) is 14.8 Å². The van der Waals surface area contributed by atoms with Crippen LogP contribution in [-0.2, 0) is 29.3 Å². The molecule has 1 aromatic heterocycles. The van der Waals surface area contributed by atoms with Crippen LogP contribution in [0.3, 0.4) is 0 Å². The predicted molar refractivity (Wildman–Crippen MR) is 208 cm³/mol. The van der Waals surface area contributed by atoms with Crippen molar-refractivity contribution < 1.29 is 42.0 Å². The number of nitrogens with zero attached hydrogens (tertiary/aromatic N) is 4. The largest absolute Gasteiger partial charge is 0.493 e. The number of likely N-dealkylation sites (tertiary alicyclic amines) is 1. The fraction of sp³-hybridized carbons (Fsp3) is 0.419. The topological polar surface area (TPSA) is 117 Å². The summed E-state index contributed by atoms with van der Waals surface area (Å²) in [6.45, 7) is 6.47. The molecule has 10 nitrogen and oxygen atoms in total. The number of nitriles is 1. The number of piperidine rings is 1. The van der Waals surface area contributed by atoms with Crippen LogP contribution < -0.4 is 14.2 Å². The van der Waals surface area contributed by atoms with Crippen molar-refractivity contribution in [3.05, 3.63) is 105 Å². The lowest BCUT2D eigenvalue weighted by atomic mass is 9.93. The maximum atomic E-state index is 13.1. The van der Waals surface area contributed by atoms with Crippen LogP contribution in [0.15, 0.2) is 67.0 Å². The zero-order chi connectivity index (χ0) is 40.5. The molecule has 14 heteroatoms. The zero-order valence-electron chi connectivity index (χ0n) is 32.0. The molecule has 302 valence electrons. The van der Waals surface area contributed by atoms with E-state index in [0.717, 1.165) is 46.2 Å². The second kappa shape index (κ2) is 19.0. The molecule has 1 unspecified atom stereocenters. The van der Waals surface area contributed by atoms with Gasteiger partial charge in [-0.3, -0.25) is 19.6 Å². The number of rotatable bonds is 15. The van der Waals surface area contributed by atoms with Crippen molar-refractivity contribution in [2.45, 2.75) is 77.6 Å². The number of carboxylic acid groups (broad SMARTS) is 1. The number of morpholine rings is 1. The van der Waals surface area contributed by atoms with Crippen LogP contribution in [-0.4, -0.2) is 83.6 Å². The molecular weight excluding hydrogens is 761 g/mol. The highest BCUT2D eigenvalue weighted by molar-refractivity contribution is 6.32. The Morgan fingerprint density at radius 3 is 2.51 bits per heavy atom. The first kappa shape index (κ1) is 41.8. The van der Waals surface area contributed by atoms with Gasteiger partial charge in [0.1, 0.15) is 42.6 Å². The SMILES string of the molecule is Cc1c(COc2cc(OCc3cncc(C#N)c3)c(CN3CCCC[C@H]3C(=O)O)cc2Cl)cccc1-c1cccc(OCCCN2CCOC(C(F)(F)F)C2)c1C. The van der Waals surface area contributed by atoms with Gasteiger partial charge in [-0.1, -0.05) is 48.4 Å². The molecule has 0 amide bonds. The van der Waals surface area contributed by atoms with E-state index >= 15 is 0 Å². The zero-order valence-corrected chi connectivity index (χ0v) is 32.7. The number of halogens is 4. The van der Waals surface area contributed by atoms with Crippen LogP contribution in [0.25, 0.3) is 11.1 Å². The molecule has 0 saturated carbocycles. The van der Waals surface area contributed by atoms with Gasteiger partial charge in [0.25, 0.3) is 0 Å². The van der Waals surface area contributed by atoms with Gasteiger partial charge >= 0.3 is 12.1 Å². The molecule has 57 heavy (non-hydrogen) atoms. The van der Waals surface area contributed by atoms with E-state index in [1.807, 2.05) is 55.1 Å². The first-order valence-electron chi connectivity index (χ1n) is 19.0. The van der Waals surface area contributed by atoms with Gasteiger partial charge in [0, 0.05) is 55.8 Å². The second-order valence-corrected chi connectivity index (χ2v) is 14.8. The van der Waals surface area contributed by atoms with E-state index in [2.05, 4.69) is 11.1 Å². The molecule has 0 aliphatic carbocycles. The summed E-state index contributed by atoms with van der Waals surface area (Å²) < 4.78 is 63.1. The monoisotopic (exact) mass is 806 g/mol. The number of hydrogen-bond donors (Lipinski definition) is 1. The molecule has 1 N–H and O–H groups in total. The molecule has 2 atom stereocenters. The molecule has 0 spiro atoms. The summed E-state index contributed by atoms with van der Waals surface area (Å²) in [6.07, 6.45) is -0.147. The Balaban J connectivity index is 1.15. The van der Waals surface area contributed by atoms with Crippen LogP contribution in [0.4, 0.5) is 13.2 Å². The van der Waals surface area contributed by atoms with Crippen LogP contribution >= 0.6 is 11.6 Å². The first-order valence-corrected chi connectivity index (χ1v) is 19.4. The van der Waals surface area contributed by atoms with Crippen LogP contribution in [0.2, 0.25) is 5.02 Å². The number of alkyl halides is 3. The molecule has 6 rings (SSSR count). The van der Waals surface area contributed by atoms with Gasteiger partial charge in [0.05, 0.1) is 23.8 Å². The van der Waals surface area contributed by atoms with E-state index in [-0.39, 0.29) is 26.4 Å². The average molecular weight is 807 g/mol. The highest BCUT2D eigenvalue weighted by Crippen LogP contribution is 2.37. The molecule has 2 saturated heterocycles. The maximum Gasteiger partial charge on any atom is 0.415 e. The Hall–Kier alpha value is -4.87. The van der Waals surface area contributed by atoms with E-state index in [4.69, 9.17) is 30.5 Å². The number of hydrogen-bond acceptors (Lipinski definition) is 9. The number of carboxylic acids is 1. The van der Waals surface area contributed by atoms with Crippen LogP contribution in [0.1, 0.15) is 59.1 Å². The Morgan fingerprint density at radius 2 is 1.74 bits per heavy atom. The molecule has 4 aromatic rings. The minimum absolute atomic E-state index is 0.0538. The molecule has 3 aromatic carbocycles. The quantitative estimate of drug-likeness (QED) is 0.117. The molecule has 2 aliphatic rings. The van der Waals surface area contributed by atoms with Gasteiger partial charge in [-0.15, -0.1) is 0 Å². The predicted octanol–water partition coefficient (Wildman–Crippen LogP) is 8.52. The summed E-state index contributed by atoms with van der Waals surface area (Å²) in [7, 11) is 0. The number of aliphatic carboxylic acids is 1. The summed E-state index contributed by atoms with van der Waals surface area (Å²) in [5.74, 6) is 0.731. The third-order valence-corrected chi connectivity index (χ3v) is 10.8. The molecular formula is C43H46ClF3N4O6. The lowest BCUT2D eigenvalue weighted by Gasteiger charge is -2.33. The molecule has 2 fully saturated rings. The van der Waals surface area contributed by atoms with Gasteiger partial charge < -0.3 is 24.1 Å². The summed E-state index contributed by atoms with van der Waals surface area (Å²) in [6, 6.07) is 18.5. The van der Waals surface area contributed by atoms with E-state index in [9.17, 15) is 28.3 Å². The van der Waals surface area contributed by atoms with Crippen LogP contribution in [0.5, 0.6) is 17.2 Å². The summed E-state index contributed by atoms with van der Waals surface area (Å²) in [5, 5.41) is 19.6. The van der Waals surface area contributed by atoms with E-state index < -0.39 is 24.3 Å².